The lowest BCUT2D eigenvalue weighted by Crippen LogP contribution is -2.32. The van der Waals surface area contributed by atoms with Gasteiger partial charge in [-0.3, -0.25) is 14.6 Å². The lowest BCUT2D eigenvalue weighted by Gasteiger charge is -2.06. The molecule has 0 aliphatic carbocycles. The third-order valence-corrected chi connectivity index (χ3v) is 2.54. The number of carbonyl (C=O) groups excluding carboxylic acids is 1. The van der Waals surface area contributed by atoms with E-state index < -0.39 is 29.0 Å². The summed E-state index contributed by atoms with van der Waals surface area (Å²) in [7, 11) is 0. The van der Waals surface area contributed by atoms with Crippen LogP contribution in [0.25, 0.3) is 0 Å². The number of epoxide rings is 1. The number of aromatic amines is 1. The number of nitrogens with two attached hydrogens (primary N) is 1. The maximum absolute atomic E-state index is 11.3. The lowest BCUT2D eigenvalue weighted by molar-refractivity contribution is -0.119. The molecule has 0 radical (unpaired) electrons. The van der Waals surface area contributed by atoms with Crippen molar-refractivity contribution in [1.29, 1.82) is 0 Å². The Hall–Kier alpha value is -1.93. The normalized spacial score (nSPS) is 26.8. The molecule has 1 saturated heterocycles. The third kappa shape index (κ3) is 2.27. The summed E-state index contributed by atoms with van der Waals surface area (Å²) in [5.74, 6) is -2.34. The number of rotatable bonds is 4. The number of nitrogens with one attached hydrogen (secondary N) is 1. The van der Waals surface area contributed by atoms with Gasteiger partial charge in [-0.25, -0.2) is 4.79 Å². The molecule has 1 aromatic heterocycles. The fourth-order valence-corrected chi connectivity index (χ4v) is 1.54. The molecule has 0 unspecified atom stereocenters. The summed E-state index contributed by atoms with van der Waals surface area (Å²) in [6, 6.07) is 1.19. The van der Waals surface area contributed by atoms with Gasteiger partial charge >= 0.3 is 5.69 Å². The zero-order valence-corrected chi connectivity index (χ0v) is 8.75. The standard InChI is InChI=1S/C9H11N3O5/c10-7(14)6-9(16,17-6)2-4-12-3-1-5(13)11-8(12)15/h1,3,6,16H,2,4H2,(H2,10,14)(H,11,13,15)/t6-,9+/m1/s1. The van der Waals surface area contributed by atoms with Crippen molar-refractivity contribution >= 4 is 5.91 Å². The van der Waals surface area contributed by atoms with Crippen molar-refractivity contribution in [2.24, 2.45) is 5.73 Å². The first-order chi connectivity index (χ1) is 7.92. The molecule has 1 amide bonds. The summed E-state index contributed by atoms with van der Waals surface area (Å²) >= 11 is 0. The van der Waals surface area contributed by atoms with E-state index >= 15 is 0 Å². The van der Waals surface area contributed by atoms with Gasteiger partial charge in [-0.05, 0) is 0 Å². The van der Waals surface area contributed by atoms with E-state index in [-0.39, 0.29) is 13.0 Å². The van der Waals surface area contributed by atoms with Crippen LogP contribution in [0.4, 0.5) is 0 Å². The average Bonchev–Trinajstić information content (AvgIpc) is 2.90. The van der Waals surface area contributed by atoms with Crippen LogP contribution in [-0.2, 0) is 16.1 Å². The summed E-state index contributed by atoms with van der Waals surface area (Å²) < 4.78 is 5.94. The van der Waals surface area contributed by atoms with Crippen LogP contribution in [0, 0.1) is 0 Å². The second kappa shape index (κ2) is 3.82. The number of primary amides is 1. The Labute approximate surface area is 94.6 Å². The van der Waals surface area contributed by atoms with E-state index in [1.807, 2.05) is 0 Å². The van der Waals surface area contributed by atoms with Gasteiger partial charge in [-0.15, -0.1) is 0 Å². The predicted octanol–water partition coefficient (Wildman–Crippen LogP) is -2.50. The Morgan fingerprint density at radius 1 is 1.65 bits per heavy atom. The van der Waals surface area contributed by atoms with Crippen LogP contribution in [0.2, 0.25) is 0 Å². The lowest BCUT2D eigenvalue weighted by atomic mass is 10.2. The maximum atomic E-state index is 11.3. The topological polar surface area (TPSA) is 131 Å². The minimum atomic E-state index is -1.60. The SMILES string of the molecule is NC(=O)[C@H]1O[C@@]1(O)CCn1ccc(=O)[nH]c1=O. The number of aliphatic hydroxyl groups is 1. The van der Waals surface area contributed by atoms with E-state index in [9.17, 15) is 19.5 Å². The highest BCUT2D eigenvalue weighted by molar-refractivity contribution is 5.82. The van der Waals surface area contributed by atoms with Crippen LogP contribution in [0.1, 0.15) is 6.42 Å². The van der Waals surface area contributed by atoms with Gasteiger partial charge in [0.2, 0.25) is 5.79 Å². The van der Waals surface area contributed by atoms with Gasteiger partial charge in [0, 0.05) is 25.2 Å². The van der Waals surface area contributed by atoms with Crippen LogP contribution in [0.5, 0.6) is 0 Å². The van der Waals surface area contributed by atoms with E-state index in [1.165, 1.54) is 16.8 Å². The van der Waals surface area contributed by atoms with E-state index in [1.54, 1.807) is 0 Å². The first kappa shape index (κ1) is 11.6. The summed E-state index contributed by atoms with van der Waals surface area (Å²) in [5, 5.41) is 9.66. The quantitative estimate of drug-likeness (QED) is 0.501. The number of hydrogen-bond donors (Lipinski definition) is 3. The first-order valence-corrected chi connectivity index (χ1v) is 4.92. The van der Waals surface area contributed by atoms with Gasteiger partial charge in [0.25, 0.3) is 11.5 Å². The smallest absolute Gasteiger partial charge is 0.328 e. The molecule has 92 valence electrons. The van der Waals surface area contributed by atoms with E-state index in [4.69, 9.17) is 10.5 Å². The molecule has 0 bridgehead atoms. The molecule has 0 saturated carbocycles. The number of nitrogens with zero attached hydrogens (tertiary/aromatic N) is 1. The molecule has 4 N–H and O–H groups in total. The summed E-state index contributed by atoms with van der Waals surface area (Å²) in [6.07, 6.45) is 0.305. The zero-order chi connectivity index (χ0) is 12.6. The Morgan fingerprint density at radius 3 is 2.88 bits per heavy atom. The molecular formula is C9H11N3O5. The van der Waals surface area contributed by atoms with Gasteiger partial charge in [0.15, 0.2) is 6.10 Å². The minimum Gasteiger partial charge on any atom is -0.367 e. The molecular weight excluding hydrogens is 230 g/mol. The zero-order valence-electron chi connectivity index (χ0n) is 8.75. The van der Waals surface area contributed by atoms with Crippen LogP contribution in [0.3, 0.4) is 0 Å². The van der Waals surface area contributed by atoms with Crippen LogP contribution in [0.15, 0.2) is 21.9 Å². The van der Waals surface area contributed by atoms with E-state index in [2.05, 4.69) is 4.98 Å². The largest absolute Gasteiger partial charge is 0.367 e. The highest BCUT2D eigenvalue weighted by Crippen LogP contribution is 2.36. The molecule has 8 nitrogen and oxygen atoms in total. The average molecular weight is 241 g/mol. The Bertz CT molecular complexity index is 562. The minimum absolute atomic E-state index is 0.0343. The number of amides is 1. The van der Waals surface area contributed by atoms with Crippen LogP contribution < -0.4 is 17.0 Å². The molecule has 8 heteroatoms. The van der Waals surface area contributed by atoms with Gasteiger partial charge in [0.1, 0.15) is 0 Å². The summed E-state index contributed by atoms with van der Waals surface area (Å²) in [4.78, 5) is 34.9. The highest BCUT2D eigenvalue weighted by atomic mass is 16.7. The van der Waals surface area contributed by atoms with Crippen molar-refractivity contribution in [2.75, 3.05) is 0 Å². The van der Waals surface area contributed by atoms with E-state index in [0.717, 1.165) is 0 Å². The van der Waals surface area contributed by atoms with Gasteiger partial charge in [-0.2, -0.15) is 0 Å². The number of ether oxygens (including phenoxy) is 1. The maximum Gasteiger partial charge on any atom is 0.328 e. The van der Waals surface area contributed by atoms with Crippen molar-refractivity contribution in [3.63, 3.8) is 0 Å². The Morgan fingerprint density at radius 2 is 2.35 bits per heavy atom. The number of aromatic nitrogens is 2. The number of aryl methyl sites for hydroxylation is 1. The fourth-order valence-electron chi connectivity index (χ4n) is 1.54. The third-order valence-electron chi connectivity index (χ3n) is 2.54. The second-order valence-electron chi connectivity index (χ2n) is 3.80. The van der Waals surface area contributed by atoms with Crippen molar-refractivity contribution in [3.8, 4) is 0 Å². The molecule has 17 heavy (non-hydrogen) atoms. The predicted molar refractivity (Wildman–Crippen MR) is 55.0 cm³/mol. The molecule has 1 fully saturated rings. The number of carbonyl (C=O) groups is 1. The first-order valence-electron chi connectivity index (χ1n) is 4.92. The molecule has 1 aliphatic rings. The summed E-state index contributed by atoms with van der Waals surface area (Å²) in [5.41, 5.74) is 3.87. The number of H-pyrrole nitrogens is 1. The van der Waals surface area contributed by atoms with Crippen molar-refractivity contribution in [2.45, 2.75) is 24.9 Å². The molecule has 2 atom stereocenters. The van der Waals surface area contributed by atoms with Crippen LogP contribution in [-0.4, -0.2) is 32.5 Å². The number of hydrogen-bond acceptors (Lipinski definition) is 5. The highest BCUT2D eigenvalue weighted by Gasteiger charge is 2.58. The van der Waals surface area contributed by atoms with E-state index in [0.29, 0.717) is 0 Å². The van der Waals surface area contributed by atoms with Gasteiger partial charge in [-0.1, -0.05) is 0 Å². The fraction of sp³-hybridized carbons (Fsp3) is 0.444. The van der Waals surface area contributed by atoms with Crippen LogP contribution >= 0.6 is 0 Å². The molecule has 0 aromatic carbocycles. The molecule has 2 heterocycles. The summed E-state index contributed by atoms with van der Waals surface area (Å²) in [6.45, 7) is 0.107. The molecule has 2 rings (SSSR count). The molecule has 0 spiro atoms. The molecule has 1 aliphatic heterocycles. The monoisotopic (exact) mass is 241 g/mol. The van der Waals surface area contributed by atoms with Crippen molar-refractivity contribution in [1.82, 2.24) is 9.55 Å². The second-order valence-corrected chi connectivity index (χ2v) is 3.80. The Balaban J connectivity index is 2.02. The van der Waals surface area contributed by atoms with Gasteiger partial charge < -0.3 is 20.1 Å². The molecule has 1 aromatic rings. The Kier molecular flexibility index (Phi) is 2.60. The van der Waals surface area contributed by atoms with Gasteiger partial charge in [0.05, 0.1) is 0 Å². The van der Waals surface area contributed by atoms with Crippen molar-refractivity contribution < 1.29 is 14.6 Å². The van der Waals surface area contributed by atoms with Crippen molar-refractivity contribution in [3.05, 3.63) is 33.1 Å².